The van der Waals surface area contributed by atoms with Crippen molar-refractivity contribution in [3.63, 3.8) is 0 Å². The molecule has 0 aromatic rings. The first-order valence-corrected chi connectivity index (χ1v) is 8.55. The quantitative estimate of drug-likeness (QED) is 0.673. The summed E-state index contributed by atoms with van der Waals surface area (Å²) in [5.74, 6) is -3.85. The van der Waals surface area contributed by atoms with Crippen molar-refractivity contribution in [3.05, 3.63) is 23.8 Å². The number of halogens is 2. The summed E-state index contributed by atoms with van der Waals surface area (Å²) in [7, 11) is 0. The van der Waals surface area contributed by atoms with E-state index in [0.29, 0.717) is 12.8 Å². The molecular weight excluding hydrogens is 298 g/mol. The highest BCUT2D eigenvalue weighted by molar-refractivity contribution is 6.01. The van der Waals surface area contributed by atoms with Crippen LogP contribution in [-0.4, -0.2) is 17.5 Å². The Morgan fingerprint density at radius 3 is 2.61 bits per heavy atom. The van der Waals surface area contributed by atoms with Gasteiger partial charge in [-0.15, -0.1) is 0 Å². The fraction of sp³-hybridized carbons (Fsp3) is 0.684. The van der Waals surface area contributed by atoms with E-state index in [1.807, 2.05) is 6.08 Å². The van der Waals surface area contributed by atoms with Gasteiger partial charge in [0.15, 0.2) is 5.78 Å². The van der Waals surface area contributed by atoms with Crippen LogP contribution >= 0.6 is 0 Å². The fourth-order valence-electron chi connectivity index (χ4n) is 5.93. The van der Waals surface area contributed by atoms with Crippen LogP contribution in [-0.2, 0) is 9.59 Å². The van der Waals surface area contributed by atoms with E-state index in [1.165, 1.54) is 0 Å². The molecule has 124 valence electrons. The van der Waals surface area contributed by atoms with Gasteiger partial charge in [-0.2, -0.15) is 8.78 Å². The van der Waals surface area contributed by atoms with Crippen LogP contribution < -0.4 is 0 Å². The van der Waals surface area contributed by atoms with Gasteiger partial charge in [0.1, 0.15) is 0 Å². The summed E-state index contributed by atoms with van der Waals surface area (Å²) in [5.41, 5.74) is -0.248. The zero-order chi connectivity index (χ0) is 16.6. The summed E-state index contributed by atoms with van der Waals surface area (Å²) < 4.78 is 29.0. The van der Waals surface area contributed by atoms with E-state index < -0.39 is 17.1 Å². The SMILES string of the molecule is C[C@]12C=CC(=O)C=C1CC[C@@H]1[C@@H]2CC[C@@]2(C)[C@H]1CC(=O)C2(F)F. The van der Waals surface area contributed by atoms with E-state index in [4.69, 9.17) is 0 Å². The minimum atomic E-state index is -3.18. The first kappa shape index (κ1) is 15.2. The van der Waals surface area contributed by atoms with Crippen molar-refractivity contribution in [2.45, 2.75) is 51.9 Å². The topological polar surface area (TPSA) is 34.1 Å². The number of carbonyl (C=O) groups is 2. The van der Waals surface area contributed by atoms with Gasteiger partial charge in [0.2, 0.25) is 5.78 Å². The van der Waals surface area contributed by atoms with Crippen LogP contribution in [0.5, 0.6) is 0 Å². The molecule has 3 fully saturated rings. The molecule has 4 aliphatic carbocycles. The molecule has 23 heavy (non-hydrogen) atoms. The van der Waals surface area contributed by atoms with Gasteiger partial charge in [0.05, 0.1) is 0 Å². The summed E-state index contributed by atoms with van der Waals surface area (Å²) in [6.07, 6.45) is 8.04. The van der Waals surface area contributed by atoms with Crippen molar-refractivity contribution in [3.8, 4) is 0 Å². The first-order chi connectivity index (χ1) is 10.7. The largest absolute Gasteiger partial charge is 0.310 e. The Balaban J connectivity index is 1.74. The van der Waals surface area contributed by atoms with E-state index in [1.54, 1.807) is 19.1 Å². The Morgan fingerprint density at radius 1 is 1.13 bits per heavy atom. The third kappa shape index (κ3) is 1.72. The highest BCUT2D eigenvalue weighted by Gasteiger charge is 2.69. The molecule has 0 unspecified atom stereocenters. The molecule has 2 nitrogen and oxygen atoms in total. The summed E-state index contributed by atoms with van der Waals surface area (Å²) in [6, 6.07) is 0. The normalized spacial score (nSPS) is 47.7. The Hall–Kier alpha value is -1.32. The molecule has 0 bridgehead atoms. The van der Waals surface area contributed by atoms with E-state index in [-0.39, 0.29) is 35.4 Å². The highest BCUT2D eigenvalue weighted by Crippen LogP contribution is 2.67. The zero-order valence-electron chi connectivity index (χ0n) is 13.6. The molecular formula is C19H22F2O2. The van der Waals surface area contributed by atoms with Gasteiger partial charge in [-0.3, -0.25) is 9.59 Å². The van der Waals surface area contributed by atoms with Crippen LogP contribution in [0.2, 0.25) is 0 Å². The second-order valence-electron chi connectivity index (χ2n) is 8.26. The first-order valence-electron chi connectivity index (χ1n) is 8.55. The molecule has 0 radical (unpaired) electrons. The van der Waals surface area contributed by atoms with Gasteiger partial charge in [0, 0.05) is 17.3 Å². The molecule has 5 atom stereocenters. The summed E-state index contributed by atoms with van der Waals surface area (Å²) in [6.45, 7) is 3.75. The Morgan fingerprint density at radius 2 is 1.87 bits per heavy atom. The third-order valence-corrected chi connectivity index (χ3v) is 7.42. The molecule has 0 aromatic carbocycles. The molecule has 0 spiro atoms. The van der Waals surface area contributed by atoms with Gasteiger partial charge < -0.3 is 0 Å². The number of Topliss-reactive ketones (excluding diaryl/α,β-unsaturated/α-hetero) is 1. The van der Waals surface area contributed by atoms with Gasteiger partial charge >= 0.3 is 5.92 Å². The highest BCUT2D eigenvalue weighted by atomic mass is 19.3. The number of hydrogen-bond donors (Lipinski definition) is 0. The van der Waals surface area contributed by atoms with E-state index in [0.717, 1.165) is 18.4 Å². The smallest absolute Gasteiger partial charge is 0.293 e. The van der Waals surface area contributed by atoms with Crippen molar-refractivity contribution >= 4 is 11.6 Å². The number of hydrogen-bond acceptors (Lipinski definition) is 2. The number of rotatable bonds is 0. The van der Waals surface area contributed by atoms with Crippen LogP contribution in [0.25, 0.3) is 0 Å². The Bertz CT molecular complexity index is 662. The van der Waals surface area contributed by atoms with E-state index >= 15 is 0 Å². The minimum absolute atomic E-state index is 0.0163. The Labute approximate surface area is 135 Å². The second kappa shape index (κ2) is 4.40. The predicted molar refractivity (Wildman–Crippen MR) is 82.0 cm³/mol. The fourth-order valence-corrected chi connectivity index (χ4v) is 5.93. The van der Waals surface area contributed by atoms with Gasteiger partial charge in [0.25, 0.3) is 0 Å². The van der Waals surface area contributed by atoms with Crippen molar-refractivity contribution in [1.82, 2.24) is 0 Å². The third-order valence-electron chi connectivity index (χ3n) is 7.42. The molecule has 0 heterocycles. The maximum absolute atomic E-state index is 14.5. The minimum Gasteiger partial charge on any atom is -0.293 e. The lowest BCUT2D eigenvalue weighted by atomic mass is 9.48. The number of carbonyl (C=O) groups excluding carboxylic acids is 2. The summed E-state index contributed by atoms with van der Waals surface area (Å²) in [5, 5.41) is 0. The molecule has 4 heteroatoms. The number of alkyl halides is 2. The molecule has 0 saturated heterocycles. The zero-order valence-corrected chi connectivity index (χ0v) is 13.6. The van der Waals surface area contributed by atoms with Crippen LogP contribution in [0.1, 0.15) is 46.0 Å². The average Bonchev–Trinajstić information content (AvgIpc) is 2.67. The number of ketones is 2. The molecule has 0 aromatic heterocycles. The predicted octanol–water partition coefficient (Wildman–Crippen LogP) is 4.11. The van der Waals surface area contributed by atoms with Gasteiger partial charge in [-0.05, 0) is 55.6 Å². The number of fused-ring (bicyclic) bond motifs is 5. The molecule has 4 rings (SSSR count). The summed E-state index contributed by atoms with van der Waals surface area (Å²) >= 11 is 0. The van der Waals surface area contributed by atoms with Gasteiger partial charge in [-0.1, -0.05) is 25.5 Å². The molecule has 0 aliphatic heterocycles. The average molecular weight is 320 g/mol. The monoisotopic (exact) mass is 320 g/mol. The van der Waals surface area contributed by atoms with Crippen LogP contribution in [0.15, 0.2) is 23.8 Å². The molecule has 0 amide bonds. The van der Waals surface area contributed by atoms with Gasteiger partial charge in [-0.25, -0.2) is 0 Å². The van der Waals surface area contributed by atoms with Crippen LogP contribution in [0.3, 0.4) is 0 Å². The maximum Gasteiger partial charge on any atom is 0.310 e. The van der Waals surface area contributed by atoms with E-state index in [2.05, 4.69) is 6.92 Å². The maximum atomic E-state index is 14.5. The lowest BCUT2D eigenvalue weighted by Crippen LogP contribution is -2.52. The molecule has 3 saturated carbocycles. The van der Waals surface area contributed by atoms with Crippen LogP contribution in [0.4, 0.5) is 8.78 Å². The molecule has 4 aliphatic rings. The van der Waals surface area contributed by atoms with Crippen molar-refractivity contribution in [2.75, 3.05) is 0 Å². The van der Waals surface area contributed by atoms with Crippen molar-refractivity contribution in [2.24, 2.45) is 28.6 Å². The standard InChI is InChI=1S/C19H22F2O2/c1-17-7-5-12(22)9-11(17)3-4-13-14(17)6-8-18(2)15(13)10-16(23)19(18,20)21/h5,7,9,13-15H,3-4,6,8,10H2,1-2H3/t13-,14+,15+,17+,18+/m1/s1. The summed E-state index contributed by atoms with van der Waals surface area (Å²) in [4.78, 5) is 23.6. The van der Waals surface area contributed by atoms with Crippen molar-refractivity contribution in [1.29, 1.82) is 0 Å². The number of allylic oxidation sites excluding steroid dienone is 4. The second-order valence-corrected chi connectivity index (χ2v) is 8.26. The van der Waals surface area contributed by atoms with Crippen LogP contribution in [0, 0.1) is 28.6 Å². The lowest BCUT2D eigenvalue weighted by molar-refractivity contribution is -0.165. The van der Waals surface area contributed by atoms with Crippen molar-refractivity contribution < 1.29 is 18.4 Å². The molecule has 0 N–H and O–H groups in total. The Kier molecular flexibility index (Phi) is 2.91. The lowest BCUT2D eigenvalue weighted by Gasteiger charge is -2.56. The van der Waals surface area contributed by atoms with E-state index in [9.17, 15) is 18.4 Å².